The van der Waals surface area contributed by atoms with Crippen LogP contribution >= 0.6 is 0 Å². The fourth-order valence-electron chi connectivity index (χ4n) is 1.80. The number of carbonyl (C=O) groups excluding carboxylic acids is 1. The lowest BCUT2D eigenvalue weighted by Crippen LogP contribution is -1.98. The zero-order valence-corrected chi connectivity index (χ0v) is 12.7. The summed E-state index contributed by atoms with van der Waals surface area (Å²) in [5.41, 5.74) is 1.26. The molecule has 8 heteroatoms. The van der Waals surface area contributed by atoms with Crippen molar-refractivity contribution in [2.45, 2.75) is 6.61 Å². The van der Waals surface area contributed by atoms with E-state index in [0.717, 1.165) is 5.56 Å². The van der Waals surface area contributed by atoms with Crippen LogP contribution in [0, 0.1) is 10.1 Å². The molecule has 0 amide bonds. The summed E-state index contributed by atoms with van der Waals surface area (Å²) in [6.07, 6.45) is 0.716. The fourth-order valence-corrected chi connectivity index (χ4v) is 1.80. The summed E-state index contributed by atoms with van der Waals surface area (Å²) in [4.78, 5) is 29.4. The first kappa shape index (κ1) is 18.6. The first-order valence-electron chi connectivity index (χ1n) is 6.63. The van der Waals surface area contributed by atoms with Gasteiger partial charge in [-0.15, -0.1) is 0 Å². The molecule has 0 aliphatic carbocycles. The number of nitrogens with zero attached hydrogens (tertiary/aromatic N) is 1. The Labute approximate surface area is 137 Å². The molecule has 0 heterocycles. The molecular formula is C16H15NO7. The molecule has 0 saturated heterocycles. The molecule has 0 aliphatic heterocycles. The number of non-ortho nitro benzene ring substituents is 1. The third-order valence-electron chi connectivity index (χ3n) is 2.87. The second-order valence-corrected chi connectivity index (χ2v) is 4.34. The van der Waals surface area contributed by atoms with E-state index >= 15 is 0 Å². The highest BCUT2D eigenvalue weighted by Gasteiger charge is 2.06. The minimum Gasteiger partial charge on any atom is -0.496 e. The van der Waals surface area contributed by atoms with Crippen LogP contribution in [0.4, 0.5) is 5.69 Å². The predicted molar refractivity (Wildman–Crippen MR) is 84.5 cm³/mol. The Hall–Kier alpha value is -3.42. The number of aldehydes is 1. The third-order valence-corrected chi connectivity index (χ3v) is 2.87. The first-order chi connectivity index (χ1) is 11.5. The minimum atomic E-state index is -0.469. The van der Waals surface area contributed by atoms with E-state index in [1.54, 1.807) is 18.2 Å². The molecule has 0 bridgehead atoms. The maximum absolute atomic E-state index is 10.9. The van der Waals surface area contributed by atoms with Gasteiger partial charge in [0.25, 0.3) is 12.2 Å². The Morgan fingerprint density at radius 1 is 1.17 bits per heavy atom. The number of carboxylic acid groups (broad SMARTS) is 1. The van der Waals surface area contributed by atoms with Crippen LogP contribution in [0.2, 0.25) is 0 Å². The second kappa shape index (κ2) is 9.57. The molecule has 1 N–H and O–H groups in total. The molecule has 2 aromatic rings. The zero-order chi connectivity index (χ0) is 17.9. The molecule has 0 fully saturated rings. The maximum Gasteiger partial charge on any atom is 0.290 e. The Morgan fingerprint density at radius 3 is 2.29 bits per heavy atom. The molecule has 0 aromatic heterocycles. The van der Waals surface area contributed by atoms with Crippen LogP contribution in [0.1, 0.15) is 15.9 Å². The Morgan fingerprint density at radius 2 is 1.79 bits per heavy atom. The van der Waals surface area contributed by atoms with E-state index in [1.165, 1.54) is 31.4 Å². The van der Waals surface area contributed by atoms with Crippen LogP contribution in [0.5, 0.6) is 11.5 Å². The van der Waals surface area contributed by atoms with Gasteiger partial charge >= 0.3 is 0 Å². The number of ether oxygens (including phenoxy) is 2. The van der Waals surface area contributed by atoms with E-state index in [1.807, 2.05) is 0 Å². The molecule has 8 nitrogen and oxygen atoms in total. The van der Waals surface area contributed by atoms with Gasteiger partial charge in [0.05, 0.1) is 17.6 Å². The van der Waals surface area contributed by atoms with Crippen LogP contribution in [0.25, 0.3) is 0 Å². The first-order valence-corrected chi connectivity index (χ1v) is 6.63. The van der Waals surface area contributed by atoms with Crippen LogP contribution in [-0.2, 0) is 11.4 Å². The largest absolute Gasteiger partial charge is 0.496 e. The molecule has 2 rings (SSSR count). The quantitative estimate of drug-likeness (QED) is 0.491. The van der Waals surface area contributed by atoms with Gasteiger partial charge in [0.15, 0.2) is 6.29 Å². The third kappa shape index (κ3) is 5.41. The molecule has 0 atom stereocenters. The van der Waals surface area contributed by atoms with Gasteiger partial charge in [-0.05, 0) is 29.8 Å². The number of methoxy groups -OCH3 is 1. The standard InChI is InChI=1S/C15H13NO5.CH2O2/c1-20-15-7-2-11(8-12(15)9-17)10-21-14-5-3-13(4-6-14)16(18)19;2-1-3/h2-9H,10H2,1H3;1H,(H,2,3). The predicted octanol–water partition coefficient (Wildman–Crippen LogP) is 2.70. The molecular weight excluding hydrogens is 318 g/mol. The van der Waals surface area contributed by atoms with Gasteiger partial charge in [0, 0.05) is 12.1 Å². The highest BCUT2D eigenvalue weighted by atomic mass is 16.6. The van der Waals surface area contributed by atoms with Crippen LogP contribution < -0.4 is 9.47 Å². The van der Waals surface area contributed by atoms with E-state index in [-0.39, 0.29) is 18.8 Å². The molecule has 0 aliphatic rings. The van der Waals surface area contributed by atoms with Gasteiger partial charge in [-0.3, -0.25) is 19.7 Å². The number of benzene rings is 2. The van der Waals surface area contributed by atoms with E-state index in [2.05, 4.69) is 0 Å². The number of carbonyl (C=O) groups is 2. The smallest absolute Gasteiger partial charge is 0.290 e. The average Bonchev–Trinajstić information content (AvgIpc) is 2.60. The maximum atomic E-state index is 10.9. The van der Waals surface area contributed by atoms with E-state index in [4.69, 9.17) is 19.4 Å². The van der Waals surface area contributed by atoms with E-state index in [0.29, 0.717) is 23.3 Å². The minimum absolute atomic E-state index is 0.00930. The highest BCUT2D eigenvalue weighted by molar-refractivity contribution is 5.79. The molecule has 126 valence electrons. The summed E-state index contributed by atoms with van der Waals surface area (Å²) in [5.74, 6) is 1.02. The molecule has 0 saturated carbocycles. The van der Waals surface area contributed by atoms with Crippen molar-refractivity contribution >= 4 is 18.4 Å². The van der Waals surface area contributed by atoms with Crippen LogP contribution in [0.3, 0.4) is 0 Å². The average molecular weight is 333 g/mol. The molecule has 0 radical (unpaired) electrons. The van der Waals surface area contributed by atoms with Gasteiger partial charge in [-0.1, -0.05) is 6.07 Å². The van der Waals surface area contributed by atoms with Crippen molar-refractivity contribution in [1.82, 2.24) is 0 Å². The molecule has 0 spiro atoms. The summed E-state index contributed by atoms with van der Waals surface area (Å²) in [6.45, 7) is 0.00262. The summed E-state index contributed by atoms with van der Waals surface area (Å²) in [7, 11) is 1.50. The van der Waals surface area contributed by atoms with Gasteiger partial charge < -0.3 is 14.6 Å². The number of nitro benzene ring substituents is 1. The fraction of sp³-hybridized carbons (Fsp3) is 0.125. The number of hydrogen-bond donors (Lipinski definition) is 1. The van der Waals surface area contributed by atoms with Crippen molar-refractivity contribution < 1.29 is 29.1 Å². The Bertz CT molecular complexity index is 698. The summed E-state index contributed by atoms with van der Waals surface area (Å²) < 4.78 is 10.6. The van der Waals surface area contributed by atoms with Gasteiger partial charge in [-0.25, -0.2) is 0 Å². The number of hydrogen-bond acceptors (Lipinski definition) is 6. The Kier molecular flexibility index (Phi) is 7.43. The molecule has 2 aromatic carbocycles. The van der Waals surface area contributed by atoms with Crippen molar-refractivity contribution in [3.8, 4) is 11.5 Å². The lowest BCUT2D eigenvalue weighted by atomic mass is 10.1. The van der Waals surface area contributed by atoms with Gasteiger partial charge in [0.2, 0.25) is 0 Å². The van der Waals surface area contributed by atoms with E-state index < -0.39 is 4.92 Å². The van der Waals surface area contributed by atoms with Crippen molar-refractivity contribution in [2.24, 2.45) is 0 Å². The summed E-state index contributed by atoms with van der Waals surface area (Å²) >= 11 is 0. The van der Waals surface area contributed by atoms with Crippen LogP contribution in [0.15, 0.2) is 42.5 Å². The SMILES string of the molecule is COc1ccc(COc2ccc([N+](=O)[O-])cc2)cc1C=O.O=CO. The lowest BCUT2D eigenvalue weighted by Gasteiger charge is -2.08. The normalized spacial score (nSPS) is 9.21. The second-order valence-electron chi connectivity index (χ2n) is 4.34. The van der Waals surface area contributed by atoms with Crippen molar-refractivity contribution in [2.75, 3.05) is 7.11 Å². The van der Waals surface area contributed by atoms with Crippen molar-refractivity contribution in [1.29, 1.82) is 0 Å². The molecule has 24 heavy (non-hydrogen) atoms. The Balaban J connectivity index is 0.000000891. The van der Waals surface area contributed by atoms with Crippen molar-refractivity contribution in [3.63, 3.8) is 0 Å². The summed E-state index contributed by atoms with van der Waals surface area (Å²) in [6, 6.07) is 11.0. The lowest BCUT2D eigenvalue weighted by molar-refractivity contribution is -0.384. The number of nitro groups is 1. The zero-order valence-electron chi connectivity index (χ0n) is 12.7. The van der Waals surface area contributed by atoms with Gasteiger partial charge in [-0.2, -0.15) is 0 Å². The highest BCUT2D eigenvalue weighted by Crippen LogP contribution is 2.21. The van der Waals surface area contributed by atoms with Crippen molar-refractivity contribution in [3.05, 3.63) is 63.7 Å². The molecule has 0 unspecified atom stereocenters. The van der Waals surface area contributed by atoms with Crippen LogP contribution in [-0.4, -0.2) is 29.9 Å². The van der Waals surface area contributed by atoms with Gasteiger partial charge in [0.1, 0.15) is 18.1 Å². The monoisotopic (exact) mass is 333 g/mol. The summed E-state index contributed by atoms with van der Waals surface area (Å²) in [5, 5.41) is 17.4. The van der Waals surface area contributed by atoms with E-state index in [9.17, 15) is 14.9 Å². The number of rotatable bonds is 6. The topological polar surface area (TPSA) is 116 Å².